The SMILES string of the molecule is COc1ccc(N(c2ccccc2)c2ccc(/C=C\c3ccc4cc5cc(/C=C\c6ccc(N(c7ccccc7)c7ccc(C=O)cc7)cc6)ccc5cc4c3)cc2)cc1. The summed E-state index contributed by atoms with van der Waals surface area (Å²) in [4.78, 5) is 15.7. The number of benzene rings is 9. The lowest BCUT2D eigenvalue weighted by atomic mass is 9.99. The van der Waals surface area contributed by atoms with Crippen LogP contribution in [0.3, 0.4) is 0 Å². The molecule has 0 atom stereocenters. The minimum absolute atomic E-state index is 0.656. The van der Waals surface area contributed by atoms with Gasteiger partial charge in [-0.25, -0.2) is 0 Å². The fourth-order valence-electron chi connectivity index (χ4n) is 7.58. The van der Waals surface area contributed by atoms with Gasteiger partial charge in [0.1, 0.15) is 12.0 Å². The maximum atomic E-state index is 11.3. The first-order valence-electron chi connectivity index (χ1n) is 20.0. The molecule has 0 heterocycles. The fraction of sp³-hybridized carbons (Fsp3) is 0.0179. The van der Waals surface area contributed by atoms with Gasteiger partial charge in [0.05, 0.1) is 7.11 Å². The van der Waals surface area contributed by atoms with Crippen molar-refractivity contribution in [3.8, 4) is 5.75 Å². The number of fused-ring (bicyclic) bond motifs is 2. The van der Waals surface area contributed by atoms with E-state index in [0.717, 1.165) is 68.4 Å². The minimum Gasteiger partial charge on any atom is -0.497 e. The molecule has 9 aromatic rings. The highest BCUT2D eigenvalue weighted by Crippen LogP contribution is 2.37. The lowest BCUT2D eigenvalue weighted by molar-refractivity contribution is 0.112. The second-order valence-corrected chi connectivity index (χ2v) is 14.7. The van der Waals surface area contributed by atoms with Crippen molar-refractivity contribution >= 4 is 86.3 Å². The largest absolute Gasteiger partial charge is 0.497 e. The molecule has 4 nitrogen and oxygen atoms in total. The van der Waals surface area contributed by atoms with Gasteiger partial charge in [0, 0.05) is 39.7 Å². The summed E-state index contributed by atoms with van der Waals surface area (Å²) in [5.74, 6) is 0.834. The van der Waals surface area contributed by atoms with Crippen LogP contribution in [0.5, 0.6) is 5.75 Å². The van der Waals surface area contributed by atoms with Crippen molar-refractivity contribution in [1.82, 2.24) is 0 Å². The van der Waals surface area contributed by atoms with Gasteiger partial charge in [-0.15, -0.1) is 0 Å². The third kappa shape index (κ3) is 8.36. The van der Waals surface area contributed by atoms with E-state index in [0.29, 0.717) is 5.56 Å². The van der Waals surface area contributed by atoms with Crippen LogP contribution in [0, 0.1) is 0 Å². The van der Waals surface area contributed by atoms with Crippen LogP contribution in [0.25, 0.3) is 45.8 Å². The molecule has 0 aliphatic carbocycles. The number of para-hydroxylation sites is 2. The summed E-state index contributed by atoms with van der Waals surface area (Å²) in [6, 6.07) is 71.6. The Morgan fingerprint density at radius 2 is 0.667 bits per heavy atom. The highest BCUT2D eigenvalue weighted by Gasteiger charge is 2.14. The van der Waals surface area contributed by atoms with Crippen LogP contribution in [0.1, 0.15) is 32.6 Å². The molecule has 0 spiro atoms. The predicted molar refractivity (Wildman–Crippen MR) is 253 cm³/mol. The van der Waals surface area contributed by atoms with Crippen molar-refractivity contribution in [3.63, 3.8) is 0 Å². The third-order valence-electron chi connectivity index (χ3n) is 10.7. The van der Waals surface area contributed by atoms with Gasteiger partial charge in [0.15, 0.2) is 0 Å². The first kappa shape index (κ1) is 37.6. The van der Waals surface area contributed by atoms with E-state index in [4.69, 9.17) is 4.74 Å². The van der Waals surface area contributed by atoms with Crippen molar-refractivity contribution < 1.29 is 9.53 Å². The molecule has 0 bridgehead atoms. The van der Waals surface area contributed by atoms with Gasteiger partial charge < -0.3 is 14.5 Å². The molecule has 0 N–H and O–H groups in total. The quantitative estimate of drug-likeness (QED) is 0.0703. The number of hydrogen-bond acceptors (Lipinski definition) is 4. The molecule has 0 saturated heterocycles. The lowest BCUT2D eigenvalue weighted by Gasteiger charge is -2.25. The van der Waals surface area contributed by atoms with Crippen molar-refractivity contribution in [2.75, 3.05) is 16.9 Å². The van der Waals surface area contributed by atoms with E-state index < -0.39 is 0 Å². The Morgan fingerprint density at radius 3 is 1.05 bits per heavy atom. The second kappa shape index (κ2) is 17.3. The van der Waals surface area contributed by atoms with Crippen LogP contribution in [0.4, 0.5) is 34.1 Å². The van der Waals surface area contributed by atoms with E-state index in [-0.39, 0.29) is 0 Å². The Labute approximate surface area is 351 Å². The minimum atomic E-state index is 0.656. The third-order valence-corrected chi connectivity index (χ3v) is 10.7. The van der Waals surface area contributed by atoms with Gasteiger partial charge in [-0.2, -0.15) is 0 Å². The maximum absolute atomic E-state index is 11.3. The molecule has 0 aliphatic heterocycles. The molecule has 288 valence electrons. The van der Waals surface area contributed by atoms with Crippen molar-refractivity contribution in [2.24, 2.45) is 0 Å². The summed E-state index contributed by atoms with van der Waals surface area (Å²) in [6.07, 6.45) is 9.56. The Morgan fingerprint density at radius 1 is 0.333 bits per heavy atom. The van der Waals surface area contributed by atoms with E-state index >= 15 is 0 Å². The number of carbonyl (C=O) groups excluding carboxylic acids is 1. The van der Waals surface area contributed by atoms with E-state index in [1.54, 1.807) is 7.11 Å². The van der Waals surface area contributed by atoms with Crippen LogP contribution >= 0.6 is 0 Å². The highest BCUT2D eigenvalue weighted by atomic mass is 16.5. The summed E-state index contributed by atoms with van der Waals surface area (Å²) < 4.78 is 5.40. The number of hydrogen-bond donors (Lipinski definition) is 0. The average molecular weight is 775 g/mol. The van der Waals surface area contributed by atoms with Crippen molar-refractivity contribution in [2.45, 2.75) is 0 Å². The molecular weight excluding hydrogens is 733 g/mol. The molecule has 0 aromatic heterocycles. The molecule has 0 amide bonds. The Bertz CT molecular complexity index is 2940. The summed E-state index contributed by atoms with van der Waals surface area (Å²) >= 11 is 0. The molecule has 0 aliphatic rings. The van der Waals surface area contributed by atoms with E-state index in [2.05, 4.69) is 180 Å². The van der Waals surface area contributed by atoms with Crippen molar-refractivity contribution in [3.05, 3.63) is 234 Å². The van der Waals surface area contributed by atoms with Crippen LogP contribution < -0.4 is 14.5 Å². The fourth-order valence-corrected chi connectivity index (χ4v) is 7.58. The topological polar surface area (TPSA) is 32.8 Å². The smallest absolute Gasteiger partial charge is 0.150 e. The number of ether oxygens (including phenoxy) is 1. The number of carbonyl (C=O) groups is 1. The molecule has 9 rings (SSSR count). The van der Waals surface area contributed by atoms with E-state index in [1.807, 2.05) is 60.7 Å². The van der Waals surface area contributed by atoms with Gasteiger partial charge in [-0.05, 0) is 165 Å². The summed E-state index contributed by atoms with van der Waals surface area (Å²) in [6.45, 7) is 0. The molecular formula is C56H42N2O2. The summed E-state index contributed by atoms with van der Waals surface area (Å²) in [7, 11) is 1.69. The highest BCUT2D eigenvalue weighted by molar-refractivity contribution is 6.00. The van der Waals surface area contributed by atoms with Crippen LogP contribution in [-0.4, -0.2) is 13.4 Å². The van der Waals surface area contributed by atoms with Crippen LogP contribution in [0.15, 0.2) is 206 Å². The van der Waals surface area contributed by atoms with Crippen LogP contribution in [-0.2, 0) is 0 Å². The second-order valence-electron chi connectivity index (χ2n) is 14.7. The molecule has 60 heavy (non-hydrogen) atoms. The lowest BCUT2D eigenvalue weighted by Crippen LogP contribution is -2.09. The van der Waals surface area contributed by atoms with Gasteiger partial charge in [-0.1, -0.05) is 109 Å². The summed E-state index contributed by atoms with van der Waals surface area (Å²) in [5.41, 5.74) is 11.5. The number of rotatable bonds is 12. The normalized spacial score (nSPS) is 11.3. The number of methoxy groups -OCH3 is 1. The summed E-state index contributed by atoms with van der Waals surface area (Å²) in [5, 5.41) is 4.85. The standard InChI is InChI=1S/C56H42N2O2/c1-60-56-34-32-55(33-35-56)58(51-10-6-3-7-11-51)53-28-20-42(21-29-53)13-15-44-17-25-47-38-48-36-43(16-24-46(48)39-49(47)37-44)14-12-41-18-26-52(27-19-41)57(50-8-4-2-5-9-50)54-30-22-45(40-59)23-31-54/h2-40H,1H3/b14-12-,15-13-. The number of aldehydes is 1. The zero-order chi connectivity index (χ0) is 40.7. The molecule has 0 radical (unpaired) electrons. The van der Waals surface area contributed by atoms with Crippen molar-refractivity contribution in [1.29, 1.82) is 0 Å². The molecule has 9 aromatic carbocycles. The first-order chi connectivity index (χ1) is 29.6. The predicted octanol–water partition coefficient (Wildman–Crippen LogP) is 15.1. The average Bonchev–Trinajstić information content (AvgIpc) is 3.31. The number of anilines is 6. The first-order valence-corrected chi connectivity index (χ1v) is 20.0. The maximum Gasteiger partial charge on any atom is 0.150 e. The molecule has 4 heteroatoms. The van der Waals surface area contributed by atoms with Crippen LogP contribution in [0.2, 0.25) is 0 Å². The Hall–Kier alpha value is -7.95. The molecule has 0 unspecified atom stereocenters. The molecule has 0 fully saturated rings. The zero-order valence-corrected chi connectivity index (χ0v) is 33.2. The van der Waals surface area contributed by atoms with E-state index in [9.17, 15) is 4.79 Å². The monoisotopic (exact) mass is 774 g/mol. The van der Waals surface area contributed by atoms with Gasteiger partial charge in [-0.3, -0.25) is 4.79 Å². The number of nitrogens with zero attached hydrogens (tertiary/aromatic N) is 2. The van der Waals surface area contributed by atoms with Gasteiger partial charge in [0.2, 0.25) is 0 Å². The van der Waals surface area contributed by atoms with Gasteiger partial charge in [0.25, 0.3) is 0 Å². The van der Waals surface area contributed by atoms with E-state index in [1.165, 1.54) is 21.5 Å². The Balaban J connectivity index is 0.898. The molecule has 0 saturated carbocycles. The zero-order valence-electron chi connectivity index (χ0n) is 33.2. The van der Waals surface area contributed by atoms with Gasteiger partial charge >= 0.3 is 0 Å². The Kier molecular flexibility index (Phi) is 10.8.